The van der Waals surface area contributed by atoms with Crippen LogP contribution in [0.2, 0.25) is 0 Å². The lowest BCUT2D eigenvalue weighted by Crippen LogP contribution is -2.11. The lowest BCUT2D eigenvalue weighted by molar-refractivity contribution is -0.116. The maximum atomic E-state index is 11.8. The summed E-state index contributed by atoms with van der Waals surface area (Å²) >= 11 is 1.57. The maximum absolute atomic E-state index is 11.8. The predicted molar refractivity (Wildman–Crippen MR) is 77.1 cm³/mol. The predicted octanol–water partition coefficient (Wildman–Crippen LogP) is 2.92. The third kappa shape index (κ3) is 2.75. The van der Waals surface area contributed by atoms with Gasteiger partial charge in [-0.3, -0.25) is 4.79 Å². The number of thioether (sulfide) groups is 1. The van der Waals surface area contributed by atoms with Gasteiger partial charge in [0.05, 0.1) is 23.2 Å². The van der Waals surface area contributed by atoms with Gasteiger partial charge in [0, 0.05) is 6.54 Å². The number of aryl methyl sites for hydroxylation is 1. The van der Waals surface area contributed by atoms with E-state index in [1.54, 1.807) is 11.8 Å². The van der Waals surface area contributed by atoms with Crippen molar-refractivity contribution in [3.05, 3.63) is 30.1 Å². The van der Waals surface area contributed by atoms with Crippen LogP contribution in [0, 0.1) is 0 Å². The number of hydrogen-bond donors (Lipinski definition) is 0. The number of nitrogens with zero attached hydrogens (tertiary/aromatic N) is 2. The fourth-order valence-corrected chi connectivity index (χ4v) is 2.55. The highest BCUT2D eigenvalue weighted by atomic mass is 32.2. The van der Waals surface area contributed by atoms with Crippen molar-refractivity contribution in [3.63, 3.8) is 0 Å². The van der Waals surface area contributed by atoms with E-state index in [0.29, 0.717) is 12.2 Å². The van der Waals surface area contributed by atoms with Gasteiger partial charge in [-0.1, -0.05) is 19.1 Å². The Morgan fingerprint density at radius 1 is 1.39 bits per heavy atom. The van der Waals surface area contributed by atoms with E-state index in [1.807, 2.05) is 24.5 Å². The molecule has 1 aromatic carbocycles. The average Bonchev–Trinajstić information content (AvgIpc) is 2.68. The molecule has 0 saturated heterocycles. The number of Topliss-reactive ketones (excluding diaryl/α,β-unsaturated/α-hetero) is 1. The smallest absolute Gasteiger partial charge is 0.150 e. The molecular formula is C14H18N2OS. The molecule has 2 rings (SSSR count). The van der Waals surface area contributed by atoms with Crippen molar-refractivity contribution in [2.75, 3.05) is 12.0 Å². The number of imidazole rings is 1. The van der Waals surface area contributed by atoms with Gasteiger partial charge in [-0.2, -0.15) is 11.8 Å². The van der Waals surface area contributed by atoms with Crippen molar-refractivity contribution < 1.29 is 4.79 Å². The number of carbonyl (C=O) groups excluding carboxylic acids is 1. The monoisotopic (exact) mass is 262 g/mol. The largest absolute Gasteiger partial charge is 0.328 e. The fourth-order valence-electron chi connectivity index (χ4n) is 2.12. The summed E-state index contributed by atoms with van der Waals surface area (Å²) in [7, 11) is 0. The minimum atomic E-state index is 0.246. The molecule has 0 fully saturated rings. The summed E-state index contributed by atoms with van der Waals surface area (Å²) in [5.41, 5.74) is 2.12. The number of carbonyl (C=O) groups is 1. The van der Waals surface area contributed by atoms with E-state index in [1.165, 1.54) is 0 Å². The first-order chi connectivity index (χ1) is 8.76. The Morgan fingerprint density at radius 3 is 2.89 bits per heavy atom. The molecule has 4 heteroatoms. The third-order valence-corrected chi connectivity index (χ3v) is 3.45. The summed E-state index contributed by atoms with van der Waals surface area (Å²) in [4.78, 5) is 16.4. The molecule has 0 unspecified atom stereocenters. The number of aromatic nitrogens is 2. The summed E-state index contributed by atoms with van der Waals surface area (Å²) in [6, 6.07) is 8.08. The summed E-state index contributed by atoms with van der Waals surface area (Å²) in [6.45, 7) is 3.06. The normalized spacial score (nSPS) is 11.0. The molecule has 18 heavy (non-hydrogen) atoms. The maximum Gasteiger partial charge on any atom is 0.150 e. The average molecular weight is 262 g/mol. The van der Waals surface area contributed by atoms with Gasteiger partial charge in [-0.25, -0.2) is 4.98 Å². The zero-order valence-electron chi connectivity index (χ0n) is 10.8. The van der Waals surface area contributed by atoms with Crippen LogP contribution in [0.4, 0.5) is 0 Å². The Bertz CT molecular complexity index is 548. The Labute approximate surface area is 112 Å². The number of rotatable bonds is 6. The topological polar surface area (TPSA) is 34.9 Å². The van der Waals surface area contributed by atoms with Crippen molar-refractivity contribution in [1.29, 1.82) is 0 Å². The quantitative estimate of drug-likeness (QED) is 0.803. The molecule has 2 aromatic rings. The molecule has 0 aliphatic carbocycles. The van der Waals surface area contributed by atoms with Crippen LogP contribution in [0.15, 0.2) is 24.3 Å². The van der Waals surface area contributed by atoms with Gasteiger partial charge in [0.2, 0.25) is 0 Å². The molecular weight excluding hydrogens is 244 g/mol. The van der Waals surface area contributed by atoms with Crippen molar-refractivity contribution in [1.82, 2.24) is 9.55 Å². The second-order valence-electron chi connectivity index (χ2n) is 4.32. The molecule has 0 atom stereocenters. The summed E-state index contributed by atoms with van der Waals surface area (Å²) in [5.74, 6) is 1.71. The number of benzene rings is 1. The van der Waals surface area contributed by atoms with Crippen LogP contribution >= 0.6 is 11.8 Å². The summed E-state index contributed by atoms with van der Waals surface area (Å²) in [6.07, 6.45) is 3.44. The molecule has 0 bridgehead atoms. The Morgan fingerprint density at radius 2 is 2.17 bits per heavy atom. The highest BCUT2D eigenvalue weighted by molar-refractivity contribution is 7.99. The zero-order valence-corrected chi connectivity index (χ0v) is 11.7. The highest BCUT2D eigenvalue weighted by Crippen LogP contribution is 2.17. The Kier molecular flexibility index (Phi) is 4.42. The van der Waals surface area contributed by atoms with Crippen LogP contribution in [-0.2, 0) is 17.8 Å². The van der Waals surface area contributed by atoms with E-state index in [0.717, 1.165) is 29.8 Å². The Hall–Kier alpha value is -1.29. The number of para-hydroxylation sites is 2. The molecule has 1 heterocycles. The van der Waals surface area contributed by atoms with Crippen LogP contribution in [0.3, 0.4) is 0 Å². The lowest BCUT2D eigenvalue weighted by Gasteiger charge is -2.06. The second-order valence-corrected chi connectivity index (χ2v) is 5.18. The summed E-state index contributed by atoms with van der Waals surface area (Å²) < 4.78 is 2.17. The molecule has 0 amide bonds. The van der Waals surface area contributed by atoms with E-state index >= 15 is 0 Å². The first-order valence-electron chi connectivity index (χ1n) is 6.21. The van der Waals surface area contributed by atoms with Gasteiger partial charge < -0.3 is 4.57 Å². The van der Waals surface area contributed by atoms with E-state index < -0.39 is 0 Å². The summed E-state index contributed by atoms with van der Waals surface area (Å²) in [5, 5.41) is 0. The highest BCUT2D eigenvalue weighted by Gasteiger charge is 2.12. The van der Waals surface area contributed by atoms with Crippen molar-refractivity contribution in [2.45, 2.75) is 26.3 Å². The van der Waals surface area contributed by atoms with Crippen LogP contribution in [-0.4, -0.2) is 27.3 Å². The van der Waals surface area contributed by atoms with E-state index in [-0.39, 0.29) is 5.78 Å². The molecule has 0 N–H and O–H groups in total. The van der Waals surface area contributed by atoms with Gasteiger partial charge in [-0.15, -0.1) is 0 Å². The lowest BCUT2D eigenvalue weighted by atomic mass is 10.3. The Balaban J connectivity index is 2.36. The van der Waals surface area contributed by atoms with Crippen molar-refractivity contribution in [2.24, 2.45) is 0 Å². The molecule has 0 aliphatic rings. The van der Waals surface area contributed by atoms with E-state index in [2.05, 4.69) is 22.5 Å². The second kappa shape index (κ2) is 6.05. The van der Waals surface area contributed by atoms with E-state index in [4.69, 9.17) is 0 Å². The molecule has 1 aromatic heterocycles. The van der Waals surface area contributed by atoms with Crippen LogP contribution in [0.5, 0.6) is 0 Å². The number of fused-ring (bicyclic) bond motifs is 1. The molecule has 0 aliphatic heterocycles. The SMILES string of the molecule is CCCn1c(CC(=O)CSC)nc2ccccc21. The minimum absolute atomic E-state index is 0.246. The van der Waals surface area contributed by atoms with Crippen LogP contribution < -0.4 is 0 Å². The van der Waals surface area contributed by atoms with Crippen LogP contribution in [0.25, 0.3) is 11.0 Å². The number of hydrogen-bond acceptors (Lipinski definition) is 3. The standard InChI is InChI=1S/C14H18N2OS/c1-3-8-16-13-7-5-4-6-12(13)15-14(16)9-11(17)10-18-2/h4-7H,3,8-10H2,1-2H3. The van der Waals surface area contributed by atoms with Crippen molar-refractivity contribution >= 4 is 28.6 Å². The zero-order chi connectivity index (χ0) is 13.0. The van der Waals surface area contributed by atoms with Gasteiger partial charge in [0.25, 0.3) is 0 Å². The van der Waals surface area contributed by atoms with Crippen LogP contribution in [0.1, 0.15) is 19.2 Å². The molecule has 3 nitrogen and oxygen atoms in total. The molecule has 0 spiro atoms. The van der Waals surface area contributed by atoms with Gasteiger partial charge >= 0.3 is 0 Å². The molecule has 0 saturated carbocycles. The number of ketones is 1. The molecule has 0 radical (unpaired) electrons. The first kappa shape index (κ1) is 13.1. The minimum Gasteiger partial charge on any atom is -0.328 e. The van der Waals surface area contributed by atoms with Gasteiger partial charge in [0.15, 0.2) is 0 Å². The van der Waals surface area contributed by atoms with Gasteiger partial charge in [0.1, 0.15) is 11.6 Å². The van der Waals surface area contributed by atoms with E-state index in [9.17, 15) is 4.79 Å². The molecule has 96 valence electrons. The first-order valence-corrected chi connectivity index (χ1v) is 7.60. The fraction of sp³-hybridized carbons (Fsp3) is 0.429. The third-order valence-electron chi connectivity index (χ3n) is 2.84. The van der Waals surface area contributed by atoms with Crippen molar-refractivity contribution in [3.8, 4) is 0 Å². The van der Waals surface area contributed by atoms with Gasteiger partial charge in [-0.05, 0) is 24.8 Å².